The van der Waals surface area contributed by atoms with Crippen molar-refractivity contribution in [3.8, 4) is 5.69 Å². The maximum absolute atomic E-state index is 4.19. The number of nitrogens with zero attached hydrogens (tertiary/aromatic N) is 2. The molecule has 0 spiro atoms. The fourth-order valence-electron chi connectivity index (χ4n) is 1.60. The van der Waals surface area contributed by atoms with Gasteiger partial charge in [-0.05, 0) is 43.2 Å². The predicted octanol–water partition coefficient (Wildman–Crippen LogP) is 2.45. The average Bonchev–Trinajstić information content (AvgIpc) is 2.92. The number of aromatic nitrogens is 2. The summed E-state index contributed by atoms with van der Waals surface area (Å²) in [4.78, 5) is 0. The Morgan fingerprint density at radius 2 is 2.00 bits per heavy atom. The molecule has 0 bridgehead atoms. The van der Waals surface area contributed by atoms with Gasteiger partial charge in [0.2, 0.25) is 0 Å². The second-order valence-corrected chi connectivity index (χ2v) is 3.92. The van der Waals surface area contributed by atoms with Gasteiger partial charge in [0.15, 0.2) is 0 Å². The molecule has 0 aliphatic heterocycles. The van der Waals surface area contributed by atoms with Gasteiger partial charge in [-0.1, -0.05) is 0 Å². The highest BCUT2D eigenvalue weighted by Crippen LogP contribution is 2.24. The summed E-state index contributed by atoms with van der Waals surface area (Å²) in [5.41, 5.74) is 2.30. The van der Waals surface area contributed by atoms with Gasteiger partial charge in [-0.25, -0.2) is 4.68 Å². The lowest BCUT2D eigenvalue weighted by molar-refractivity contribution is 0.880. The minimum absolute atomic E-state index is 0.709. The SMILES string of the molecule is c1cnn(-c2ccc(NC3CC3)cc2)c1. The highest BCUT2D eigenvalue weighted by atomic mass is 15.3. The van der Waals surface area contributed by atoms with E-state index in [1.165, 1.54) is 18.5 Å². The van der Waals surface area contributed by atoms with Gasteiger partial charge >= 0.3 is 0 Å². The lowest BCUT2D eigenvalue weighted by atomic mass is 10.3. The van der Waals surface area contributed by atoms with Crippen molar-refractivity contribution in [2.75, 3.05) is 5.32 Å². The van der Waals surface area contributed by atoms with Crippen LogP contribution in [0.4, 0.5) is 5.69 Å². The minimum Gasteiger partial charge on any atom is -0.382 e. The Morgan fingerprint density at radius 3 is 2.60 bits per heavy atom. The summed E-state index contributed by atoms with van der Waals surface area (Å²) in [6, 6.07) is 11.0. The summed E-state index contributed by atoms with van der Waals surface area (Å²) in [7, 11) is 0. The zero-order chi connectivity index (χ0) is 10.1. The van der Waals surface area contributed by atoms with Gasteiger partial charge in [0.1, 0.15) is 0 Å². The fraction of sp³-hybridized carbons (Fsp3) is 0.250. The summed E-state index contributed by atoms with van der Waals surface area (Å²) in [6.45, 7) is 0. The molecule has 2 aromatic rings. The lowest BCUT2D eigenvalue weighted by Gasteiger charge is -2.05. The van der Waals surface area contributed by atoms with Crippen molar-refractivity contribution in [1.29, 1.82) is 0 Å². The van der Waals surface area contributed by atoms with Crippen LogP contribution in [0.15, 0.2) is 42.7 Å². The first kappa shape index (κ1) is 8.53. The van der Waals surface area contributed by atoms with E-state index in [0.29, 0.717) is 6.04 Å². The predicted molar refractivity (Wildman–Crippen MR) is 60.2 cm³/mol. The Labute approximate surface area is 88.7 Å². The second-order valence-electron chi connectivity index (χ2n) is 3.92. The largest absolute Gasteiger partial charge is 0.382 e. The molecule has 0 atom stereocenters. The van der Waals surface area contributed by atoms with Gasteiger partial charge in [0.25, 0.3) is 0 Å². The molecule has 1 fully saturated rings. The smallest absolute Gasteiger partial charge is 0.0647 e. The number of nitrogens with one attached hydrogen (secondary N) is 1. The van der Waals surface area contributed by atoms with Crippen LogP contribution in [0.5, 0.6) is 0 Å². The van der Waals surface area contributed by atoms with Gasteiger partial charge in [-0.15, -0.1) is 0 Å². The van der Waals surface area contributed by atoms with Crippen LogP contribution < -0.4 is 5.32 Å². The number of rotatable bonds is 3. The molecule has 1 aliphatic rings. The summed E-state index contributed by atoms with van der Waals surface area (Å²) >= 11 is 0. The summed E-state index contributed by atoms with van der Waals surface area (Å²) in [6.07, 6.45) is 6.35. The van der Waals surface area contributed by atoms with Gasteiger partial charge in [0.05, 0.1) is 5.69 Å². The maximum Gasteiger partial charge on any atom is 0.0647 e. The van der Waals surface area contributed by atoms with Crippen LogP contribution in [0.2, 0.25) is 0 Å². The minimum atomic E-state index is 0.709. The van der Waals surface area contributed by atoms with E-state index in [4.69, 9.17) is 0 Å². The Kier molecular flexibility index (Phi) is 1.95. The third-order valence-corrected chi connectivity index (χ3v) is 2.58. The van der Waals surface area contributed by atoms with Crippen LogP contribution >= 0.6 is 0 Å². The fourth-order valence-corrected chi connectivity index (χ4v) is 1.60. The average molecular weight is 199 g/mol. The zero-order valence-corrected chi connectivity index (χ0v) is 8.43. The van der Waals surface area contributed by atoms with E-state index < -0.39 is 0 Å². The molecule has 1 aromatic carbocycles. The molecule has 76 valence electrons. The zero-order valence-electron chi connectivity index (χ0n) is 8.43. The summed E-state index contributed by atoms with van der Waals surface area (Å²) in [5.74, 6) is 0. The Morgan fingerprint density at radius 1 is 1.20 bits per heavy atom. The third kappa shape index (κ3) is 1.86. The van der Waals surface area contributed by atoms with Crippen molar-refractivity contribution in [3.05, 3.63) is 42.7 Å². The molecule has 1 aromatic heterocycles. The molecular weight excluding hydrogens is 186 g/mol. The molecule has 3 rings (SSSR count). The van der Waals surface area contributed by atoms with Gasteiger partial charge < -0.3 is 5.32 Å². The maximum atomic E-state index is 4.19. The van der Waals surface area contributed by atoms with Crippen LogP contribution in [0.3, 0.4) is 0 Å². The molecule has 3 nitrogen and oxygen atoms in total. The van der Waals surface area contributed by atoms with Crippen molar-refractivity contribution in [2.24, 2.45) is 0 Å². The van der Waals surface area contributed by atoms with Crippen molar-refractivity contribution in [1.82, 2.24) is 9.78 Å². The highest BCUT2D eigenvalue weighted by Gasteiger charge is 2.20. The Bertz CT molecular complexity index is 426. The van der Waals surface area contributed by atoms with E-state index in [1.807, 2.05) is 16.9 Å². The molecule has 15 heavy (non-hydrogen) atoms. The lowest BCUT2D eigenvalue weighted by Crippen LogP contribution is -2.01. The number of anilines is 1. The molecule has 1 N–H and O–H groups in total. The topological polar surface area (TPSA) is 29.9 Å². The van der Waals surface area contributed by atoms with E-state index in [9.17, 15) is 0 Å². The molecule has 0 radical (unpaired) electrons. The molecule has 1 heterocycles. The molecule has 0 amide bonds. The van der Waals surface area contributed by atoms with E-state index in [-0.39, 0.29) is 0 Å². The first-order chi connectivity index (χ1) is 7.42. The van der Waals surface area contributed by atoms with E-state index in [1.54, 1.807) is 6.20 Å². The van der Waals surface area contributed by atoms with Gasteiger partial charge in [-0.3, -0.25) is 0 Å². The first-order valence-corrected chi connectivity index (χ1v) is 5.28. The van der Waals surface area contributed by atoms with Crippen LogP contribution in [0.25, 0.3) is 5.69 Å². The van der Waals surface area contributed by atoms with Crippen molar-refractivity contribution in [2.45, 2.75) is 18.9 Å². The summed E-state index contributed by atoms with van der Waals surface area (Å²) < 4.78 is 1.86. The number of benzene rings is 1. The van der Waals surface area contributed by atoms with Crippen LogP contribution in [0.1, 0.15) is 12.8 Å². The Balaban J connectivity index is 1.80. The third-order valence-electron chi connectivity index (χ3n) is 2.58. The van der Waals surface area contributed by atoms with Gasteiger partial charge in [-0.2, -0.15) is 5.10 Å². The van der Waals surface area contributed by atoms with Crippen molar-refractivity contribution >= 4 is 5.69 Å². The van der Waals surface area contributed by atoms with Crippen molar-refractivity contribution in [3.63, 3.8) is 0 Å². The number of hydrogen-bond acceptors (Lipinski definition) is 2. The molecular formula is C12H13N3. The van der Waals surface area contributed by atoms with Gasteiger partial charge in [0, 0.05) is 24.1 Å². The van der Waals surface area contributed by atoms with Crippen LogP contribution in [-0.2, 0) is 0 Å². The normalized spacial score (nSPS) is 15.2. The van der Waals surface area contributed by atoms with Crippen LogP contribution in [-0.4, -0.2) is 15.8 Å². The highest BCUT2D eigenvalue weighted by molar-refractivity contribution is 5.49. The van der Waals surface area contributed by atoms with Crippen LogP contribution in [0, 0.1) is 0 Å². The molecule has 1 saturated carbocycles. The van der Waals surface area contributed by atoms with E-state index >= 15 is 0 Å². The monoisotopic (exact) mass is 199 g/mol. The quantitative estimate of drug-likeness (QED) is 0.822. The first-order valence-electron chi connectivity index (χ1n) is 5.28. The van der Waals surface area contributed by atoms with E-state index in [2.05, 4.69) is 34.7 Å². The standard InChI is InChI=1S/C12H13N3/c1-8-13-15(9-1)12-6-4-11(5-7-12)14-10-2-3-10/h1,4-10,14H,2-3H2. The molecule has 1 aliphatic carbocycles. The van der Waals surface area contributed by atoms with E-state index in [0.717, 1.165) is 5.69 Å². The summed E-state index contributed by atoms with van der Waals surface area (Å²) in [5, 5.41) is 7.64. The molecule has 3 heteroatoms. The molecule has 0 unspecified atom stereocenters. The number of hydrogen-bond donors (Lipinski definition) is 1. The Hall–Kier alpha value is -1.77. The second kappa shape index (κ2) is 3.42. The van der Waals surface area contributed by atoms with Crippen molar-refractivity contribution < 1.29 is 0 Å². The molecule has 0 saturated heterocycles.